The van der Waals surface area contributed by atoms with Crippen LogP contribution in [0, 0.1) is 0 Å². The van der Waals surface area contributed by atoms with Crippen LogP contribution < -0.4 is 0 Å². The van der Waals surface area contributed by atoms with Gasteiger partial charge < -0.3 is 0 Å². The Morgan fingerprint density at radius 1 is 0.275 bits per heavy atom. The van der Waals surface area contributed by atoms with Gasteiger partial charge in [0, 0.05) is 0 Å². The van der Waals surface area contributed by atoms with E-state index in [9.17, 15) is 0 Å². The number of hydrogen-bond donors (Lipinski definition) is 0. The topological polar surface area (TPSA) is 37.1 Å². The van der Waals surface area contributed by atoms with Gasteiger partial charge in [-0.1, -0.05) is 146 Å². The molecule has 0 radical (unpaired) electrons. The summed E-state index contributed by atoms with van der Waals surface area (Å²) in [6.07, 6.45) is 0. The van der Waals surface area contributed by atoms with E-state index in [0.29, 0.717) is 0 Å². The smallest absolute Gasteiger partial charge is 0.0675 e. The van der Waals surface area contributed by atoms with Gasteiger partial charge in [0.05, 0.1) is 52.0 Å². The molecule has 3 heterocycles. The summed E-state index contributed by atoms with van der Waals surface area (Å²) in [5.74, 6) is 0.0160. The molecule has 3 atom stereocenters. The van der Waals surface area contributed by atoms with E-state index in [1.165, 1.54) is 33.4 Å². The highest BCUT2D eigenvalue weighted by atomic mass is 14.8. The average Bonchev–Trinajstić information content (AvgIpc) is 3.91. The van der Waals surface area contributed by atoms with Gasteiger partial charge in [0.1, 0.15) is 0 Å². The molecule has 10 rings (SSSR count). The van der Waals surface area contributed by atoms with E-state index in [2.05, 4.69) is 182 Å². The summed E-state index contributed by atoms with van der Waals surface area (Å²) in [7, 11) is 0. The molecule has 0 aliphatic carbocycles. The Balaban J connectivity index is 1.21. The molecular formula is C48H33N3. The lowest BCUT2D eigenvalue weighted by Gasteiger charge is -2.21. The molecule has 7 aromatic rings. The van der Waals surface area contributed by atoms with Gasteiger partial charge in [-0.05, 0) is 86.5 Å². The first kappa shape index (κ1) is 29.5. The van der Waals surface area contributed by atoms with Crippen LogP contribution in [0.25, 0.3) is 0 Å². The predicted molar refractivity (Wildman–Crippen MR) is 209 cm³/mol. The lowest BCUT2D eigenvalue weighted by molar-refractivity contribution is 1.10. The number of para-hydroxylation sites is 3. The second-order valence-corrected chi connectivity index (χ2v) is 13.5. The van der Waals surface area contributed by atoms with Gasteiger partial charge in [0.15, 0.2) is 0 Å². The minimum absolute atomic E-state index is 0.00534. The fraction of sp³-hybridized carbons (Fsp3) is 0.0625. The van der Waals surface area contributed by atoms with E-state index in [0.717, 1.165) is 50.9 Å². The minimum atomic E-state index is 0.00534. The summed E-state index contributed by atoms with van der Waals surface area (Å²) in [5, 5.41) is 0. The summed E-state index contributed by atoms with van der Waals surface area (Å²) in [5.41, 5.74) is 16.8. The largest absolute Gasteiger partial charge is 0.252 e. The predicted octanol–water partition coefficient (Wildman–Crippen LogP) is 11.5. The van der Waals surface area contributed by atoms with Crippen LogP contribution in [-0.2, 0) is 0 Å². The summed E-state index contributed by atoms with van der Waals surface area (Å²) in [6, 6.07) is 65.0. The van der Waals surface area contributed by atoms with Crippen molar-refractivity contribution >= 4 is 34.2 Å². The van der Waals surface area contributed by atoms with Crippen LogP contribution in [0.1, 0.15) is 67.8 Å². The molecule has 0 amide bonds. The first-order chi connectivity index (χ1) is 25.3. The van der Waals surface area contributed by atoms with Crippen molar-refractivity contribution in [1.82, 2.24) is 0 Å². The second kappa shape index (κ2) is 12.2. The molecule has 0 fully saturated rings. The molecule has 3 unspecified atom stereocenters. The molecule has 51 heavy (non-hydrogen) atoms. The van der Waals surface area contributed by atoms with Crippen molar-refractivity contribution in [3.8, 4) is 0 Å². The third-order valence-electron chi connectivity index (χ3n) is 10.5. The number of aliphatic imine (C=N–C) groups is 3. The van der Waals surface area contributed by atoms with E-state index >= 15 is 0 Å². The van der Waals surface area contributed by atoms with Gasteiger partial charge in [0.25, 0.3) is 0 Å². The number of benzene rings is 7. The maximum atomic E-state index is 5.39. The number of rotatable bonds is 6. The summed E-state index contributed by atoms with van der Waals surface area (Å²) in [6.45, 7) is 0. The lowest BCUT2D eigenvalue weighted by atomic mass is 9.80. The van der Waals surface area contributed by atoms with Crippen molar-refractivity contribution in [2.45, 2.75) is 17.8 Å². The molecule has 0 saturated heterocycles. The van der Waals surface area contributed by atoms with Crippen molar-refractivity contribution in [1.29, 1.82) is 0 Å². The Labute approximate surface area is 298 Å². The van der Waals surface area contributed by atoms with Crippen molar-refractivity contribution in [2.24, 2.45) is 15.0 Å². The van der Waals surface area contributed by atoms with Gasteiger partial charge in [0.2, 0.25) is 0 Å². The fourth-order valence-corrected chi connectivity index (χ4v) is 8.24. The number of fused-ring (bicyclic) bond motifs is 3. The molecular weight excluding hydrogens is 619 g/mol. The quantitative estimate of drug-likeness (QED) is 0.172. The fourth-order valence-electron chi connectivity index (χ4n) is 8.24. The monoisotopic (exact) mass is 651 g/mol. The zero-order valence-corrected chi connectivity index (χ0v) is 27.9. The standard InChI is InChI=1S/C48H33N3/c1-4-16-31(17-5-1)43-37-22-10-13-25-40(37)49-46(43)34-28-35(47-44(32-18-6-2-7-19-32)38-23-11-14-26-41(38)50-47)30-36(29-34)48-45(33-20-8-3-9-21-33)39-24-12-15-27-42(39)51-48/h1-30,43-45H. The van der Waals surface area contributed by atoms with Crippen LogP contribution >= 0.6 is 0 Å². The van der Waals surface area contributed by atoms with Crippen molar-refractivity contribution in [2.75, 3.05) is 0 Å². The van der Waals surface area contributed by atoms with Gasteiger partial charge in [-0.15, -0.1) is 0 Å². The van der Waals surface area contributed by atoms with Crippen LogP contribution in [0.15, 0.2) is 197 Å². The Morgan fingerprint density at radius 3 is 0.824 bits per heavy atom. The first-order valence-electron chi connectivity index (χ1n) is 17.6. The van der Waals surface area contributed by atoms with Crippen LogP contribution in [0.4, 0.5) is 17.1 Å². The first-order valence-corrected chi connectivity index (χ1v) is 17.6. The van der Waals surface area contributed by atoms with Crippen molar-refractivity contribution in [3.05, 3.63) is 232 Å². The summed E-state index contributed by atoms with van der Waals surface area (Å²) < 4.78 is 0. The SMILES string of the molecule is c1ccc(C2C(c3cc(C4=Nc5ccccc5C4c4ccccc4)cc(C4=Nc5ccccc5C4c4ccccc4)c3)=Nc3ccccc32)cc1. The molecule has 3 aliphatic rings. The van der Waals surface area contributed by atoms with Crippen molar-refractivity contribution < 1.29 is 0 Å². The molecule has 0 N–H and O–H groups in total. The molecule has 0 saturated carbocycles. The number of hydrogen-bond acceptors (Lipinski definition) is 3. The van der Waals surface area contributed by atoms with E-state index in [-0.39, 0.29) is 17.8 Å². The third-order valence-corrected chi connectivity index (χ3v) is 10.5. The van der Waals surface area contributed by atoms with E-state index in [4.69, 9.17) is 15.0 Å². The highest BCUT2D eigenvalue weighted by molar-refractivity contribution is 6.19. The molecule has 0 bridgehead atoms. The Hall–Kier alpha value is -6.45. The maximum absolute atomic E-state index is 5.39. The van der Waals surface area contributed by atoms with Gasteiger partial charge >= 0.3 is 0 Å². The highest BCUT2D eigenvalue weighted by Crippen LogP contribution is 2.46. The average molecular weight is 652 g/mol. The Bertz CT molecular complexity index is 2230. The highest BCUT2D eigenvalue weighted by Gasteiger charge is 2.35. The molecule has 7 aromatic carbocycles. The molecule has 0 aromatic heterocycles. The van der Waals surface area contributed by atoms with Crippen LogP contribution in [0.5, 0.6) is 0 Å². The van der Waals surface area contributed by atoms with Crippen LogP contribution in [0.3, 0.4) is 0 Å². The van der Waals surface area contributed by atoms with Gasteiger partial charge in [-0.2, -0.15) is 0 Å². The van der Waals surface area contributed by atoms with E-state index in [1.54, 1.807) is 0 Å². The van der Waals surface area contributed by atoms with Crippen molar-refractivity contribution in [3.63, 3.8) is 0 Å². The lowest BCUT2D eigenvalue weighted by Crippen LogP contribution is -2.18. The van der Waals surface area contributed by atoms with Gasteiger partial charge in [-0.3, -0.25) is 15.0 Å². The molecule has 0 spiro atoms. The van der Waals surface area contributed by atoms with Crippen LogP contribution in [-0.4, -0.2) is 17.1 Å². The second-order valence-electron chi connectivity index (χ2n) is 13.5. The third kappa shape index (κ3) is 5.01. The molecule has 3 nitrogen and oxygen atoms in total. The van der Waals surface area contributed by atoms with Crippen LogP contribution in [0.2, 0.25) is 0 Å². The molecule has 240 valence electrons. The summed E-state index contributed by atoms with van der Waals surface area (Å²) in [4.78, 5) is 16.2. The Morgan fingerprint density at radius 2 is 0.529 bits per heavy atom. The maximum Gasteiger partial charge on any atom is 0.0675 e. The molecule has 3 heteroatoms. The van der Waals surface area contributed by atoms with E-state index < -0.39 is 0 Å². The van der Waals surface area contributed by atoms with Gasteiger partial charge in [-0.25, -0.2) is 0 Å². The zero-order valence-electron chi connectivity index (χ0n) is 27.9. The minimum Gasteiger partial charge on any atom is -0.252 e. The summed E-state index contributed by atoms with van der Waals surface area (Å²) >= 11 is 0. The molecule has 3 aliphatic heterocycles. The number of nitrogens with zero attached hydrogens (tertiary/aromatic N) is 3. The normalized spacial score (nSPS) is 18.4. The zero-order chi connectivity index (χ0) is 33.7. The van der Waals surface area contributed by atoms with E-state index in [1.807, 2.05) is 0 Å². The Kier molecular flexibility index (Phi) is 7.02.